The predicted octanol–water partition coefficient (Wildman–Crippen LogP) is 18.3. The van der Waals surface area contributed by atoms with Crippen LogP contribution in [0.2, 0.25) is 0 Å². The van der Waals surface area contributed by atoms with Crippen LogP contribution in [0.5, 0.6) is 0 Å². The molecule has 8 unspecified atom stereocenters. The Morgan fingerprint density at radius 2 is 0.809 bits per heavy atom. The van der Waals surface area contributed by atoms with Crippen LogP contribution in [-0.4, -0.2) is 99.6 Å². The largest absolute Gasteiger partial charge is 0.454 e. The Bertz CT molecular complexity index is 2060. The number of ether oxygens (including phenoxy) is 3. The minimum absolute atomic E-state index is 0.0930. The van der Waals surface area contributed by atoms with Gasteiger partial charge in [0.05, 0.1) is 25.4 Å². The molecule has 0 aliphatic carbocycles. The van der Waals surface area contributed by atoms with Crippen molar-refractivity contribution >= 4 is 11.9 Å². The van der Waals surface area contributed by atoms with Gasteiger partial charge in [-0.3, -0.25) is 9.59 Å². The average Bonchev–Trinajstić information content (AvgIpc) is 1.80. The van der Waals surface area contributed by atoms with Crippen molar-refractivity contribution in [1.29, 1.82) is 0 Å². The van der Waals surface area contributed by atoms with Gasteiger partial charge in [-0.05, 0) is 128 Å². The Morgan fingerprint density at radius 3 is 1.21 bits per heavy atom. The quantitative estimate of drug-likeness (QED) is 0.0195. The summed E-state index contributed by atoms with van der Waals surface area (Å²) >= 11 is 0. The van der Waals surface area contributed by atoms with Crippen LogP contribution in [0.3, 0.4) is 0 Å². The van der Waals surface area contributed by atoms with Gasteiger partial charge in [-0.1, -0.05) is 281 Å². The molecule has 0 radical (unpaired) electrons. The number of allylic oxidation sites excluding steroid dienone is 25. The molecule has 1 rings (SSSR count). The first-order valence-electron chi connectivity index (χ1n) is 35.3. The molecule has 1 aliphatic rings. The molecule has 1 heterocycles. The van der Waals surface area contributed by atoms with Crippen LogP contribution in [-0.2, 0) is 23.8 Å². The molecule has 1 fully saturated rings. The molecule has 1 saturated heterocycles. The second kappa shape index (κ2) is 63.4. The molecule has 11 nitrogen and oxygen atoms in total. The van der Waals surface area contributed by atoms with E-state index in [1.807, 2.05) is 6.08 Å². The highest BCUT2D eigenvalue weighted by Gasteiger charge is 2.47. The van der Waals surface area contributed by atoms with Crippen LogP contribution in [0, 0.1) is 0 Å². The lowest BCUT2D eigenvalue weighted by Crippen LogP contribution is -2.61. The lowest BCUT2D eigenvalue weighted by molar-refractivity contribution is -0.305. The van der Waals surface area contributed by atoms with Crippen molar-refractivity contribution in [3.63, 3.8) is 0 Å². The topological polar surface area (TPSA) is 175 Å². The van der Waals surface area contributed by atoms with Gasteiger partial charge in [0.2, 0.25) is 5.91 Å². The zero-order chi connectivity index (χ0) is 64.6. The maximum Gasteiger partial charge on any atom is 0.306 e. The summed E-state index contributed by atoms with van der Waals surface area (Å²) in [6.45, 7) is 5.54. The number of hydrogen-bond donors (Lipinski definition) is 6. The first kappa shape index (κ1) is 82.3. The second-order valence-corrected chi connectivity index (χ2v) is 23.5. The van der Waals surface area contributed by atoms with Gasteiger partial charge < -0.3 is 45.1 Å². The van der Waals surface area contributed by atoms with E-state index in [0.29, 0.717) is 12.8 Å². The first-order valence-corrected chi connectivity index (χ1v) is 35.3. The Labute approximate surface area is 542 Å². The second-order valence-electron chi connectivity index (χ2n) is 23.5. The third kappa shape index (κ3) is 50.6. The summed E-state index contributed by atoms with van der Waals surface area (Å²) in [7, 11) is 0. The normalized spacial score (nSPS) is 19.1. The summed E-state index contributed by atoms with van der Waals surface area (Å²) in [6.07, 6.45) is 82.7. The highest BCUT2D eigenvalue weighted by molar-refractivity contribution is 5.80. The van der Waals surface area contributed by atoms with Crippen LogP contribution in [0.4, 0.5) is 0 Å². The lowest BCUT2D eigenvalue weighted by Gasteiger charge is -2.41. The number of rotatable bonds is 58. The molecule has 0 bridgehead atoms. The van der Waals surface area contributed by atoms with Gasteiger partial charge in [0.15, 0.2) is 12.4 Å². The summed E-state index contributed by atoms with van der Waals surface area (Å²) in [5, 5.41) is 57.2. The van der Waals surface area contributed by atoms with Crippen LogP contribution >= 0.6 is 0 Å². The summed E-state index contributed by atoms with van der Waals surface area (Å²) in [5.74, 6) is -1.25. The van der Waals surface area contributed by atoms with E-state index in [-0.39, 0.29) is 19.4 Å². The maximum absolute atomic E-state index is 13.5. The van der Waals surface area contributed by atoms with Gasteiger partial charge in [0.1, 0.15) is 24.4 Å². The van der Waals surface area contributed by atoms with E-state index in [1.54, 1.807) is 6.08 Å². The van der Waals surface area contributed by atoms with Gasteiger partial charge in [-0.25, -0.2) is 0 Å². The van der Waals surface area contributed by atoms with E-state index in [0.717, 1.165) is 161 Å². The fourth-order valence-corrected chi connectivity index (χ4v) is 9.95. The Balaban J connectivity index is 2.65. The standard InChI is InChI=1S/C78H127NO10/c1-4-7-10-13-16-19-22-25-27-29-31-33-35-36-37-39-41-43-45-48-51-54-57-60-63-66-73(83)89-76-75(85)74(84)72(67-80)88-78(76)87-68-69(70(81)64-61-58-55-52-49-46-24-21-18-15-12-9-6-3)79-77(86)71(82)65-62-59-56-53-50-47-44-42-40-38-34-32-30-28-26-23-20-17-14-11-8-5-2/h7-8,10-11,16-17,19-20,25-28,31-34,36-37,40-43,47,50,61,64,69-72,74-76,78,80-82,84-85H,4-6,9,12-15,18,21-24,29-30,35,38-39,44-46,48-49,51-60,62-63,65-68H2,1-3H3,(H,79,86)/b10-7-,11-8-,19-16-,20-17-,27-25-,28-26-,33-31-,34-32-,37-36-,42-40-,43-41-,50-47-,64-61+. The van der Waals surface area contributed by atoms with Crippen molar-refractivity contribution < 1.29 is 49.3 Å². The van der Waals surface area contributed by atoms with Gasteiger partial charge in [0, 0.05) is 6.42 Å². The summed E-state index contributed by atoms with van der Waals surface area (Å²) in [5.41, 5.74) is 0. The smallest absolute Gasteiger partial charge is 0.306 e. The van der Waals surface area contributed by atoms with Crippen LogP contribution < -0.4 is 5.32 Å². The van der Waals surface area contributed by atoms with Crippen molar-refractivity contribution in [2.75, 3.05) is 13.2 Å². The highest BCUT2D eigenvalue weighted by Crippen LogP contribution is 2.26. The number of hydrogen-bond acceptors (Lipinski definition) is 10. The summed E-state index contributed by atoms with van der Waals surface area (Å²) < 4.78 is 17.7. The molecule has 0 aromatic heterocycles. The van der Waals surface area contributed by atoms with Crippen LogP contribution in [0.1, 0.15) is 258 Å². The number of aliphatic hydroxyl groups excluding tert-OH is 5. The predicted molar refractivity (Wildman–Crippen MR) is 374 cm³/mol. The van der Waals surface area contributed by atoms with Gasteiger partial charge in [-0.2, -0.15) is 0 Å². The third-order valence-corrected chi connectivity index (χ3v) is 15.4. The van der Waals surface area contributed by atoms with Gasteiger partial charge in [0.25, 0.3) is 0 Å². The fourth-order valence-electron chi connectivity index (χ4n) is 9.95. The van der Waals surface area contributed by atoms with Gasteiger partial charge in [-0.15, -0.1) is 0 Å². The SMILES string of the molecule is CC/C=C\C/C=C\C/C=C\C/C=C\C/C=C\C/C=C\CCCCCCCCC(=O)OC1C(OCC(NC(=O)C(O)CCCCC/C=C\C/C=C\C/C=C\C/C=C\C/C=C\C/C=C\CC)C(O)/C=C/CCCCCCCCCCCCC)OC(CO)C(O)C1O. The monoisotopic (exact) mass is 1240 g/mol. The van der Waals surface area contributed by atoms with Crippen molar-refractivity contribution in [2.24, 2.45) is 0 Å². The molecule has 1 amide bonds. The molecular formula is C78H127NO10. The number of carbonyl (C=O) groups excluding carboxylic acids is 2. The number of unbranched alkanes of at least 4 members (excludes halogenated alkanes) is 20. The minimum atomic E-state index is -1.64. The molecule has 8 atom stereocenters. The van der Waals surface area contributed by atoms with Crippen LogP contribution in [0.25, 0.3) is 0 Å². The van der Waals surface area contributed by atoms with Crippen molar-refractivity contribution in [1.82, 2.24) is 5.32 Å². The van der Waals surface area contributed by atoms with E-state index < -0.39 is 67.4 Å². The summed E-state index contributed by atoms with van der Waals surface area (Å²) in [6, 6.07) is -1.05. The average molecular weight is 1240 g/mol. The van der Waals surface area contributed by atoms with Crippen molar-refractivity contribution in [2.45, 2.75) is 307 Å². The Kier molecular flexibility index (Phi) is 58.6. The van der Waals surface area contributed by atoms with E-state index >= 15 is 0 Å². The van der Waals surface area contributed by atoms with Crippen LogP contribution in [0.15, 0.2) is 158 Å². The number of amides is 1. The molecule has 0 aromatic rings. The maximum atomic E-state index is 13.5. The molecule has 89 heavy (non-hydrogen) atoms. The lowest BCUT2D eigenvalue weighted by atomic mass is 9.99. The third-order valence-electron chi connectivity index (χ3n) is 15.4. The Hall–Kier alpha value is -4.72. The van der Waals surface area contributed by atoms with E-state index in [1.165, 1.54) is 51.4 Å². The molecule has 504 valence electrons. The number of nitrogens with one attached hydrogen (secondary N) is 1. The number of esters is 1. The van der Waals surface area contributed by atoms with Gasteiger partial charge >= 0.3 is 5.97 Å². The zero-order valence-corrected chi connectivity index (χ0v) is 56.0. The molecule has 0 spiro atoms. The van der Waals surface area contributed by atoms with Crippen molar-refractivity contribution in [3.8, 4) is 0 Å². The number of carbonyl (C=O) groups is 2. The molecule has 0 saturated carbocycles. The Morgan fingerprint density at radius 1 is 0.449 bits per heavy atom. The summed E-state index contributed by atoms with van der Waals surface area (Å²) in [4.78, 5) is 26.7. The number of aliphatic hydroxyl groups is 5. The minimum Gasteiger partial charge on any atom is -0.454 e. The molecule has 0 aromatic carbocycles. The van der Waals surface area contributed by atoms with E-state index in [2.05, 4.69) is 172 Å². The molecule has 6 N–H and O–H groups in total. The first-order chi connectivity index (χ1) is 43.7. The highest BCUT2D eigenvalue weighted by atomic mass is 16.7. The fraction of sp³-hybridized carbons (Fsp3) is 0.641. The molecule has 11 heteroatoms. The van der Waals surface area contributed by atoms with E-state index in [4.69, 9.17) is 14.2 Å². The zero-order valence-electron chi connectivity index (χ0n) is 56.0. The molecule has 1 aliphatic heterocycles. The van der Waals surface area contributed by atoms with Crippen molar-refractivity contribution in [3.05, 3.63) is 158 Å². The molecular weight excluding hydrogens is 1110 g/mol. The van der Waals surface area contributed by atoms with E-state index in [9.17, 15) is 35.1 Å².